The minimum atomic E-state index is 1.29. The summed E-state index contributed by atoms with van der Waals surface area (Å²) < 4.78 is 0. The Hall–Kier alpha value is 0.350. The van der Waals surface area contributed by atoms with Gasteiger partial charge in [-0.3, -0.25) is 0 Å². The van der Waals surface area contributed by atoms with Gasteiger partial charge >= 0.3 is 0 Å². The Balaban J connectivity index is 2.90. The monoisotopic (exact) mass is 314 g/mol. The zero-order valence-electron chi connectivity index (χ0n) is 15.1. The zero-order chi connectivity index (χ0) is 15.4. The second-order valence-electron chi connectivity index (χ2n) is 6.50. The molecule has 0 saturated heterocycles. The lowest BCUT2D eigenvalue weighted by Gasteiger charge is -2.03. The van der Waals surface area contributed by atoms with Gasteiger partial charge in [0, 0.05) is 0 Å². The lowest BCUT2D eigenvalue weighted by molar-refractivity contribution is 0.532. The number of hydrogen-bond donors (Lipinski definition) is 0. The Morgan fingerprint density at radius 1 is 0.429 bits per heavy atom. The molecule has 128 valence electrons. The molecular weight excluding hydrogens is 272 g/mol. The molecule has 0 rings (SSSR count). The fraction of sp³-hybridized carbons (Fsp3) is 1.00. The van der Waals surface area contributed by atoms with Crippen LogP contribution in [-0.4, -0.2) is 11.5 Å². The van der Waals surface area contributed by atoms with Gasteiger partial charge in [0.05, 0.1) is 0 Å². The Labute approximate surface area is 140 Å². The predicted octanol–water partition coefficient (Wildman–Crippen LogP) is 8.00. The second kappa shape index (κ2) is 20.3. The van der Waals surface area contributed by atoms with Crippen LogP contribution >= 0.6 is 11.8 Å². The van der Waals surface area contributed by atoms with E-state index in [-0.39, 0.29) is 0 Å². The fourth-order valence-electron chi connectivity index (χ4n) is 2.90. The number of thioether (sulfide) groups is 1. The Bertz CT molecular complexity index is 149. The van der Waals surface area contributed by atoms with E-state index < -0.39 is 0 Å². The molecular formula is C20H42S. The molecule has 0 aliphatic carbocycles. The Morgan fingerprint density at radius 3 is 1.10 bits per heavy atom. The molecule has 0 atom stereocenters. The van der Waals surface area contributed by atoms with E-state index in [1.165, 1.54) is 114 Å². The van der Waals surface area contributed by atoms with Crippen LogP contribution in [0.1, 0.15) is 117 Å². The molecule has 0 aromatic heterocycles. The van der Waals surface area contributed by atoms with Gasteiger partial charge < -0.3 is 0 Å². The third kappa shape index (κ3) is 20.4. The van der Waals surface area contributed by atoms with Gasteiger partial charge in [-0.1, -0.05) is 110 Å². The van der Waals surface area contributed by atoms with E-state index in [4.69, 9.17) is 0 Å². The summed E-state index contributed by atoms with van der Waals surface area (Å²) in [6, 6.07) is 0. The van der Waals surface area contributed by atoms with E-state index >= 15 is 0 Å². The number of rotatable bonds is 18. The lowest BCUT2D eigenvalue weighted by Crippen LogP contribution is -1.84. The van der Waals surface area contributed by atoms with Crippen molar-refractivity contribution in [1.82, 2.24) is 0 Å². The minimum absolute atomic E-state index is 1.29. The zero-order valence-corrected chi connectivity index (χ0v) is 16.0. The maximum absolute atomic E-state index is 2.30. The normalized spacial score (nSPS) is 11.1. The third-order valence-corrected chi connectivity index (χ3v) is 5.33. The predicted molar refractivity (Wildman–Crippen MR) is 103 cm³/mol. The molecule has 0 aromatic carbocycles. The third-order valence-electron chi connectivity index (χ3n) is 4.35. The first-order chi connectivity index (χ1) is 10.4. The van der Waals surface area contributed by atoms with Crippen LogP contribution in [0.5, 0.6) is 0 Å². The van der Waals surface area contributed by atoms with Crippen LogP contribution < -0.4 is 0 Å². The van der Waals surface area contributed by atoms with Crippen LogP contribution in [0.2, 0.25) is 0 Å². The van der Waals surface area contributed by atoms with Crippen molar-refractivity contribution in [3.05, 3.63) is 0 Å². The highest BCUT2D eigenvalue weighted by molar-refractivity contribution is 7.99. The van der Waals surface area contributed by atoms with Crippen LogP contribution in [0.15, 0.2) is 0 Å². The topological polar surface area (TPSA) is 0 Å². The molecule has 0 unspecified atom stereocenters. The van der Waals surface area contributed by atoms with Gasteiger partial charge in [0.25, 0.3) is 0 Å². The van der Waals surface area contributed by atoms with Gasteiger partial charge in [-0.15, -0.1) is 0 Å². The lowest BCUT2D eigenvalue weighted by atomic mass is 10.0. The number of hydrogen-bond acceptors (Lipinski definition) is 1. The standard InChI is InChI=1S/C20H42S/c1-3-5-6-7-8-9-10-11-12-13-14-15-16-17-18-19-20-21-4-2/h3-20H2,1-2H3. The summed E-state index contributed by atoms with van der Waals surface area (Å²) in [5.74, 6) is 2.67. The van der Waals surface area contributed by atoms with Crippen LogP contribution in [0, 0.1) is 0 Å². The average molecular weight is 315 g/mol. The average Bonchev–Trinajstić information content (AvgIpc) is 2.50. The van der Waals surface area contributed by atoms with E-state index in [0.29, 0.717) is 0 Å². The summed E-state index contributed by atoms with van der Waals surface area (Å²) in [4.78, 5) is 0. The van der Waals surface area contributed by atoms with Gasteiger partial charge in [-0.25, -0.2) is 0 Å². The van der Waals surface area contributed by atoms with Crippen molar-refractivity contribution >= 4 is 11.8 Å². The first kappa shape index (κ1) is 21.4. The minimum Gasteiger partial charge on any atom is -0.162 e. The first-order valence-corrected chi connectivity index (χ1v) is 11.1. The molecule has 0 bridgehead atoms. The molecule has 0 spiro atoms. The molecule has 0 aliphatic heterocycles. The van der Waals surface area contributed by atoms with Gasteiger partial charge in [0.15, 0.2) is 0 Å². The van der Waals surface area contributed by atoms with Crippen molar-refractivity contribution in [2.75, 3.05) is 11.5 Å². The van der Waals surface area contributed by atoms with Crippen molar-refractivity contribution in [3.8, 4) is 0 Å². The van der Waals surface area contributed by atoms with E-state index in [2.05, 4.69) is 25.6 Å². The first-order valence-electron chi connectivity index (χ1n) is 9.99. The van der Waals surface area contributed by atoms with Gasteiger partial charge in [0.2, 0.25) is 0 Å². The fourth-order valence-corrected chi connectivity index (χ4v) is 3.59. The van der Waals surface area contributed by atoms with Crippen LogP contribution in [0.3, 0.4) is 0 Å². The van der Waals surface area contributed by atoms with Gasteiger partial charge in [-0.2, -0.15) is 11.8 Å². The van der Waals surface area contributed by atoms with Crippen LogP contribution in [0.4, 0.5) is 0 Å². The highest BCUT2D eigenvalue weighted by Crippen LogP contribution is 2.14. The largest absolute Gasteiger partial charge is 0.162 e. The summed E-state index contributed by atoms with van der Waals surface area (Å²) in [5, 5.41) is 0. The molecule has 0 amide bonds. The molecule has 0 fully saturated rings. The van der Waals surface area contributed by atoms with E-state index in [0.717, 1.165) is 0 Å². The Morgan fingerprint density at radius 2 is 0.762 bits per heavy atom. The number of unbranched alkanes of at least 4 members (excludes halogenated alkanes) is 15. The summed E-state index contributed by atoms with van der Waals surface area (Å²) in [6.07, 6.45) is 23.5. The summed E-state index contributed by atoms with van der Waals surface area (Å²) in [5.41, 5.74) is 0. The highest BCUT2D eigenvalue weighted by atomic mass is 32.2. The summed E-state index contributed by atoms with van der Waals surface area (Å²) in [7, 11) is 0. The van der Waals surface area contributed by atoms with E-state index in [9.17, 15) is 0 Å². The van der Waals surface area contributed by atoms with Crippen molar-refractivity contribution in [2.45, 2.75) is 117 Å². The summed E-state index contributed by atoms with van der Waals surface area (Å²) in [6.45, 7) is 4.56. The molecule has 21 heavy (non-hydrogen) atoms. The molecule has 0 N–H and O–H groups in total. The molecule has 0 saturated carbocycles. The van der Waals surface area contributed by atoms with E-state index in [1.807, 2.05) is 0 Å². The molecule has 0 heterocycles. The summed E-state index contributed by atoms with van der Waals surface area (Å²) >= 11 is 2.09. The van der Waals surface area contributed by atoms with Crippen LogP contribution in [-0.2, 0) is 0 Å². The molecule has 0 radical (unpaired) electrons. The van der Waals surface area contributed by atoms with Crippen molar-refractivity contribution in [1.29, 1.82) is 0 Å². The smallest absolute Gasteiger partial charge is 0.00676 e. The molecule has 0 aromatic rings. The maximum Gasteiger partial charge on any atom is -0.00676 e. The highest BCUT2D eigenvalue weighted by Gasteiger charge is 1.94. The molecule has 0 nitrogen and oxygen atoms in total. The molecule has 1 heteroatoms. The SMILES string of the molecule is CCCCCCCCCCCCCCCCCCSCC. The van der Waals surface area contributed by atoms with Gasteiger partial charge in [-0.05, 0) is 17.9 Å². The second-order valence-corrected chi connectivity index (χ2v) is 7.89. The molecule has 0 aliphatic rings. The van der Waals surface area contributed by atoms with Crippen molar-refractivity contribution in [3.63, 3.8) is 0 Å². The van der Waals surface area contributed by atoms with Crippen molar-refractivity contribution < 1.29 is 0 Å². The van der Waals surface area contributed by atoms with Crippen LogP contribution in [0.25, 0.3) is 0 Å². The maximum atomic E-state index is 2.30. The van der Waals surface area contributed by atoms with Crippen molar-refractivity contribution in [2.24, 2.45) is 0 Å². The Kier molecular flexibility index (Phi) is 20.7. The van der Waals surface area contributed by atoms with Gasteiger partial charge in [0.1, 0.15) is 0 Å². The van der Waals surface area contributed by atoms with E-state index in [1.54, 1.807) is 0 Å². The quantitative estimate of drug-likeness (QED) is 0.231.